The van der Waals surface area contributed by atoms with Crippen LogP contribution < -0.4 is 0 Å². The maximum atomic E-state index is 12.2. The summed E-state index contributed by atoms with van der Waals surface area (Å²) in [6, 6.07) is 7.55. The predicted octanol–water partition coefficient (Wildman–Crippen LogP) is 0.321. The Morgan fingerprint density at radius 2 is 1.88 bits per heavy atom. The van der Waals surface area contributed by atoms with Crippen LogP contribution in [0.25, 0.3) is 11.0 Å². The normalized spacial score (nSPS) is 26.2. The van der Waals surface area contributed by atoms with Crippen LogP contribution in [0, 0.1) is 0 Å². The summed E-state index contributed by atoms with van der Waals surface area (Å²) in [7, 11) is -3.11. The topological polar surface area (TPSA) is 107 Å². The second kappa shape index (κ2) is 6.64. The standard InChI is InChI=1S/C17H22N4O4S/c22-17(23)5-6-20-7-8-21(15-11-26(24,25)10-14(15)20)9-16-18-12-3-1-2-4-13(12)19-16/h1-4,14-15H,5-11H2,(H,18,19)(H,22,23)/t14-,15+/m1/s1. The number of benzene rings is 1. The molecule has 2 aliphatic rings. The highest BCUT2D eigenvalue weighted by Crippen LogP contribution is 2.28. The maximum absolute atomic E-state index is 12.2. The molecule has 2 saturated heterocycles. The Morgan fingerprint density at radius 1 is 1.19 bits per heavy atom. The molecule has 8 nitrogen and oxygen atoms in total. The smallest absolute Gasteiger partial charge is 0.304 e. The molecule has 140 valence electrons. The van der Waals surface area contributed by atoms with Crippen LogP contribution in [0.4, 0.5) is 0 Å². The van der Waals surface area contributed by atoms with Crippen molar-refractivity contribution in [2.24, 2.45) is 0 Å². The van der Waals surface area contributed by atoms with Crippen molar-refractivity contribution in [2.45, 2.75) is 25.0 Å². The summed E-state index contributed by atoms with van der Waals surface area (Å²) in [5, 5.41) is 8.94. The number of fused-ring (bicyclic) bond motifs is 2. The first-order valence-electron chi connectivity index (χ1n) is 8.75. The molecule has 2 fully saturated rings. The van der Waals surface area contributed by atoms with Crippen molar-refractivity contribution in [3.8, 4) is 0 Å². The average Bonchev–Trinajstić information content (AvgIpc) is 3.13. The van der Waals surface area contributed by atoms with Crippen LogP contribution in [-0.4, -0.2) is 82.5 Å². The molecule has 0 saturated carbocycles. The minimum atomic E-state index is -3.11. The molecule has 1 aromatic carbocycles. The average molecular weight is 378 g/mol. The lowest BCUT2D eigenvalue weighted by Crippen LogP contribution is -2.59. The lowest BCUT2D eigenvalue weighted by Gasteiger charge is -2.43. The zero-order valence-electron chi connectivity index (χ0n) is 14.3. The Balaban J connectivity index is 1.53. The van der Waals surface area contributed by atoms with Crippen molar-refractivity contribution in [1.82, 2.24) is 19.8 Å². The zero-order chi connectivity index (χ0) is 18.3. The first kappa shape index (κ1) is 17.4. The number of aliphatic carboxylic acids is 1. The van der Waals surface area contributed by atoms with E-state index in [2.05, 4.69) is 14.9 Å². The van der Waals surface area contributed by atoms with Gasteiger partial charge in [-0.1, -0.05) is 12.1 Å². The number of hydrogen-bond donors (Lipinski definition) is 2. The summed E-state index contributed by atoms with van der Waals surface area (Å²) >= 11 is 0. The fraction of sp³-hybridized carbons (Fsp3) is 0.529. The van der Waals surface area contributed by atoms with Crippen LogP contribution in [0.2, 0.25) is 0 Å². The number of carbonyl (C=O) groups is 1. The number of hydrogen-bond acceptors (Lipinski definition) is 6. The van der Waals surface area contributed by atoms with Gasteiger partial charge in [0.05, 0.1) is 35.5 Å². The van der Waals surface area contributed by atoms with E-state index in [0.29, 0.717) is 26.2 Å². The van der Waals surface area contributed by atoms with Crippen LogP contribution in [-0.2, 0) is 21.2 Å². The number of nitrogens with one attached hydrogen (secondary N) is 1. The largest absolute Gasteiger partial charge is 0.481 e. The van der Waals surface area contributed by atoms with Crippen LogP contribution in [0.3, 0.4) is 0 Å². The van der Waals surface area contributed by atoms with E-state index < -0.39 is 15.8 Å². The van der Waals surface area contributed by atoms with E-state index in [1.54, 1.807) is 0 Å². The molecular weight excluding hydrogens is 356 g/mol. The SMILES string of the molecule is O=C(O)CCN1CCN(Cc2nc3ccccc3[nH]2)[C@H]2CS(=O)(=O)C[C@H]21. The van der Waals surface area contributed by atoms with Crippen molar-refractivity contribution in [3.05, 3.63) is 30.1 Å². The number of para-hydroxylation sites is 2. The number of piperazine rings is 1. The van der Waals surface area contributed by atoms with E-state index in [1.165, 1.54) is 0 Å². The fourth-order valence-electron chi connectivity index (χ4n) is 4.08. The van der Waals surface area contributed by atoms with E-state index in [0.717, 1.165) is 16.9 Å². The second-order valence-corrected chi connectivity index (χ2v) is 9.22. The van der Waals surface area contributed by atoms with Gasteiger partial charge in [0.25, 0.3) is 0 Å². The van der Waals surface area contributed by atoms with E-state index in [1.807, 2.05) is 29.2 Å². The van der Waals surface area contributed by atoms with Crippen molar-refractivity contribution in [3.63, 3.8) is 0 Å². The third-order valence-electron chi connectivity index (χ3n) is 5.31. The summed E-state index contributed by atoms with van der Waals surface area (Å²) in [6.45, 7) is 2.33. The second-order valence-electron chi connectivity index (χ2n) is 7.06. The molecule has 0 aliphatic carbocycles. The highest BCUT2D eigenvalue weighted by Gasteiger charge is 2.46. The van der Waals surface area contributed by atoms with E-state index in [-0.39, 0.29) is 30.0 Å². The highest BCUT2D eigenvalue weighted by molar-refractivity contribution is 7.91. The number of nitrogens with zero attached hydrogens (tertiary/aromatic N) is 3. The van der Waals surface area contributed by atoms with Gasteiger partial charge in [0.1, 0.15) is 5.82 Å². The predicted molar refractivity (Wildman–Crippen MR) is 96.6 cm³/mol. The molecule has 0 spiro atoms. The molecule has 0 bridgehead atoms. The Kier molecular flexibility index (Phi) is 4.45. The molecule has 2 aromatic rings. The number of sulfone groups is 1. The van der Waals surface area contributed by atoms with Gasteiger partial charge >= 0.3 is 5.97 Å². The highest BCUT2D eigenvalue weighted by atomic mass is 32.2. The summed E-state index contributed by atoms with van der Waals surface area (Å²) in [4.78, 5) is 23.0. The summed E-state index contributed by atoms with van der Waals surface area (Å²) in [5.41, 5.74) is 1.87. The van der Waals surface area contributed by atoms with Gasteiger partial charge in [-0.25, -0.2) is 13.4 Å². The number of aromatic amines is 1. The van der Waals surface area contributed by atoms with Crippen LogP contribution in [0.1, 0.15) is 12.2 Å². The Hall–Kier alpha value is -1.97. The number of aromatic nitrogens is 2. The van der Waals surface area contributed by atoms with Gasteiger partial charge in [-0.2, -0.15) is 0 Å². The molecule has 0 unspecified atom stereocenters. The van der Waals surface area contributed by atoms with Gasteiger partial charge in [-0.05, 0) is 12.1 Å². The van der Waals surface area contributed by atoms with E-state index >= 15 is 0 Å². The number of H-pyrrole nitrogens is 1. The fourth-order valence-corrected chi connectivity index (χ4v) is 6.13. The van der Waals surface area contributed by atoms with Crippen molar-refractivity contribution >= 4 is 26.8 Å². The molecule has 0 amide bonds. The third-order valence-corrected chi connectivity index (χ3v) is 7.01. The Morgan fingerprint density at radius 3 is 2.62 bits per heavy atom. The monoisotopic (exact) mass is 378 g/mol. The van der Waals surface area contributed by atoms with Crippen LogP contribution in [0.15, 0.2) is 24.3 Å². The van der Waals surface area contributed by atoms with Gasteiger partial charge in [0.2, 0.25) is 0 Å². The molecule has 9 heteroatoms. The maximum Gasteiger partial charge on any atom is 0.304 e. The molecule has 1 aromatic heterocycles. The lowest BCUT2D eigenvalue weighted by molar-refractivity contribution is -0.137. The number of rotatable bonds is 5. The summed E-state index contributed by atoms with van der Waals surface area (Å²) in [5.74, 6) is 0.204. The third kappa shape index (κ3) is 3.46. The van der Waals surface area contributed by atoms with E-state index in [9.17, 15) is 13.2 Å². The van der Waals surface area contributed by atoms with Gasteiger partial charge in [0, 0.05) is 31.7 Å². The quantitative estimate of drug-likeness (QED) is 0.772. The molecule has 26 heavy (non-hydrogen) atoms. The van der Waals surface area contributed by atoms with Crippen LogP contribution >= 0.6 is 0 Å². The van der Waals surface area contributed by atoms with Gasteiger partial charge in [-0.15, -0.1) is 0 Å². The molecule has 3 heterocycles. The zero-order valence-corrected chi connectivity index (χ0v) is 15.2. The lowest BCUT2D eigenvalue weighted by atomic mass is 10.0. The Bertz CT molecular complexity index is 893. The van der Waals surface area contributed by atoms with Gasteiger partial charge in [0.15, 0.2) is 9.84 Å². The molecule has 0 radical (unpaired) electrons. The van der Waals surface area contributed by atoms with Crippen molar-refractivity contribution in [1.29, 1.82) is 0 Å². The number of carboxylic acid groups (broad SMARTS) is 1. The summed E-state index contributed by atoms with van der Waals surface area (Å²) < 4.78 is 24.5. The number of carboxylic acids is 1. The van der Waals surface area contributed by atoms with Crippen molar-refractivity contribution < 1.29 is 18.3 Å². The van der Waals surface area contributed by atoms with Gasteiger partial charge < -0.3 is 10.1 Å². The molecular formula is C17H22N4O4S. The summed E-state index contributed by atoms with van der Waals surface area (Å²) in [6.07, 6.45) is 0.0346. The Labute approximate surface area is 151 Å². The van der Waals surface area contributed by atoms with Crippen LogP contribution in [0.5, 0.6) is 0 Å². The molecule has 2 aliphatic heterocycles. The molecule has 2 atom stereocenters. The molecule has 4 rings (SSSR count). The van der Waals surface area contributed by atoms with E-state index in [4.69, 9.17) is 5.11 Å². The van der Waals surface area contributed by atoms with Crippen molar-refractivity contribution in [2.75, 3.05) is 31.1 Å². The minimum absolute atomic E-state index is 0.0346. The minimum Gasteiger partial charge on any atom is -0.481 e. The molecule has 2 N–H and O–H groups in total. The number of imidazole rings is 1. The van der Waals surface area contributed by atoms with Gasteiger partial charge in [-0.3, -0.25) is 14.6 Å². The first-order chi connectivity index (χ1) is 12.4. The first-order valence-corrected chi connectivity index (χ1v) is 10.6.